The molecule has 0 aliphatic carbocycles. The number of nitrogens with zero attached hydrogens (tertiary/aromatic N) is 2. The van der Waals surface area contributed by atoms with Gasteiger partial charge in [-0.15, -0.1) is 0 Å². The highest BCUT2D eigenvalue weighted by Gasteiger charge is 2.10. The van der Waals surface area contributed by atoms with Crippen LogP contribution in [0.4, 0.5) is 10.1 Å². The van der Waals surface area contributed by atoms with Crippen molar-refractivity contribution in [2.45, 2.75) is 33.7 Å². The normalized spacial score (nSPS) is 11.5. The number of halogens is 1. The van der Waals surface area contributed by atoms with Crippen LogP contribution in [0.2, 0.25) is 0 Å². The van der Waals surface area contributed by atoms with E-state index < -0.39 is 0 Å². The van der Waals surface area contributed by atoms with Gasteiger partial charge >= 0.3 is 0 Å². The molecular formula is C16H28FN3. The topological polar surface area (TPSA) is 32.5 Å². The quantitative estimate of drug-likeness (QED) is 0.706. The summed E-state index contributed by atoms with van der Waals surface area (Å²) in [6.45, 7) is 12.3. The number of hydrogen-bond acceptors (Lipinski definition) is 3. The third-order valence-corrected chi connectivity index (χ3v) is 3.79. The Morgan fingerprint density at radius 3 is 2.20 bits per heavy atom. The number of hydrogen-bond donors (Lipinski definition) is 1. The zero-order chi connectivity index (χ0) is 15.0. The third kappa shape index (κ3) is 5.10. The zero-order valence-electron chi connectivity index (χ0n) is 13.0. The summed E-state index contributed by atoms with van der Waals surface area (Å²) in [5, 5.41) is 0. The molecule has 114 valence electrons. The third-order valence-electron chi connectivity index (χ3n) is 3.79. The lowest BCUT2D eigenvalue weighted by Crippen LogP contribution is -2.30. The molecule has 0 fully saturated rings. The molecule has 0 bridgehead atoms. The number of benzene rings is 1. The molecule has 1 aromatic carbocycles. The lowest BCUT2D eigenvalue weighted by atomic mass is 10.1. The summed E-state index contributed by atoms with van der Waals surface area (Å²) in [6.07, 6.45) is 1.11. The second kappa shape index (κ2) is 8.93. The van der Waals surface area contributed by atoms with E-state index >= 15 is 0 Å². The molecule has 0 saturated heterocycles. The van der Waals surface area contributed by atoms with Crippen LogP contribution in [-0.4, -0.2) is 42.5 Å². The molecule has 0 saturated carbocycles. The fraction of sp³-hybridized carbons (Fsp3) is 0.625. The second-order valence-electron chi connectivity index (χ2n) is 5.07. The van der Waals surface area contributed by atoms with Gasteiger partial charge in [-0.1, -0.05) is 32.9 Å². The van der Waals surface area contributed by atoms with Gasteiger partial charge in [-0.05, 0) is 45.2 Å². The molecule has 0 amide bonds. The van der Waals surface area contributed by atoms with Gasteiger partial charge in [0.2, 0.25) is 0 Å². The van der Waals surface area contributed by atoms with Crippen LogP contribution in [0.3, 0.4) is 0 Å². The molecule has 4 heteroatoms. The highest BCUT2D eigenvalue weighted by Crippen LogP contribution is 2.16. The van der Waals surface area contributed by atoms with E-state index in [0.717, 1.165) is 39.1 Å². The first-order chi connectivity index (χ1) is 9.62. The average molecular weight is 281 g/mol. The van der Waals surface area contributed by atoms with E-state index in [1.54, 1.807) is 6.07 Å². The van der Waals surface area contributed by atoms with E-state index in [2.05, 4.69) is 30.6 Å². The summed E-state index contributed by atoms with van der Waals surface area (Å²) < 4.78 is 13.9. The molecule has 0 radical (unpaired) electrons. The van der Waals surface area contributed by atoms with Crippen molar-refractivity contribution >= 4 is 5.69 Å². The van der Waals surface area contributed by atoms with E-state index in [1.807, 2.05) is 12.1 Å². The Morgan fingerprint density at radius 1 is 1.00 bits per heavy atom. The van der Waals surface area contributed by atoms with Gasteiger partial charge in [0.15, 0.2) is 5.82 Å². The van der Waals surface area contributed by atoms with Crippen LogP contribution in [0.5, 0.6) is 0 Å². The minimum Gasteiger partial charge on any atom is -0.396 e. The maximum Gasteiger partial charge on any atom is 0.150 e. The summed E-state index contributed by atoms with van der Waals surface area (Å²) in [6, 6.07) is 5.24. The van der Waals surface area contributed by atoms with E-state index in [-0.39, 0.29) is 11.5 Å². The lowest BCUT2D eigenvalue weighted by Gasteiger charge is -2.23. The minimum absolute atomic E-state index is 0.238. The maximum atomic E-state index is 13.9. The number of rotatable bonds is 9. The van der Waals surface area contributed by atoms with Crippen LogP contribution in [-0.2, 0) is 6.54 Å². The molecule has 3 nitrogen and oxygen atoms in total. The van der Waals surface area contributed by atoms with Gasteiger partial charge in [0, 0.05) is 12.1 Å². The molecule has 2 N–H and O–H groups in total. The van der Waals surface area contributed by atoms with Crippen LogP contribution in [0, 0.1) is 5.82 Å². The number of nitrogen functional groups attached to an aromatic ring is 1. The second-order valence-corrected chi connectivity index (χ2v) is 5.07. The molecule has 0 atom stereocenters. The Bertz CT molecular complexity index is 391. The van der Waals surface area contributed by atoms with Gasteiger partial charge in [0.25, 0.3) is 0 Å². The van der Waals surface area contributed by atoms with Gasteiger partial charge in [0.05, 0.1) is 5.69 Å². The van der Waals surface area contributed by atoms with Crippen molar-refractivity contribution in [2.75, 3.05) is 38.5 Å². The first-order valence-corrected chi connectivity index (χ1v) is 7.59. The van der Waals surface area contributed by atoms with Crippen molar-refractivity contribution < 1.29 is 4.39 Å². The van der Waals surface area contributed by atoms with Crippen molar-refractivity contribution in [1.29, 1.82) is 0 Å². The summed E-state index contributed by atoms with van der Waals surface area (Å²) >= 11 is 0. The fourth-order valence-electron chi connectivity index (χ4n) is 2.37. The number of anilines is 1. The van der Waals surface area contributed by atoms with Gasteiger partial charge in [-0.3, -0.25) is 4.90 Å². The van der Waals surface area contributed by atoms with Gasteiger partial charge in [-0.25, -0.2) is 4.39 Å². The minimum atomic E-state index is -0.269. The van der Waals surface area contributed by atoms with Gasteiger partial charge in [-0.2, -0.15) is 0 Å². The maximum absolute atomic E-state index is 13.9. The summed E-state index contributed by atoms with van der Waals surface area (Å²) in [5.41, 5.74) is 6.54. The highest BCUT2D eigenvalue weighted by atomic mass is 19.1. The van der Waals surface area contributed by atoms with Crippen molar-refractivity contribution in [1.82, 2.24) is 9.80 Å². The molecule has 0 aromatic heterocycles. The molecule has 0 heterocycles. The molecule has 0 aliphatic rings. The Kier molecular flexibility index (Phi) is 7.55. The lowest BCUT2D eigenvalue weighted by molar-refractivity contribution is 0.236. The Morgan fingerprint density at radius 2 is 1.60 bits per heavy atom. The van der Waals surface area contributed by atoms with Crippen molar-refractivity contribution in [3.63, 3.8) is 0 Å². The zero-order valence-corrected chi connectivity index (χ0v) is 13.0. The highest BCUT2D eigenvalue weighted by molar-refractivity contribution is 5.42. The number of nitrogens with two attached hydrogens (primary N) is 1. The van der Waals surface area contributed by atoms with Crippen LogP contribution in [0.25, 0.3) is 0 Å². The monoisotopic (exact) mass is 281 g/mol. The van der Waals surface area contributed by atoms with E-state index in [9.17, 15) is 4.39 Å². The molecule has 20 heavy (non-hydrogen) atoms. The SMILES string of the molecule is CCN(CC)CCCN(CC)Cc1cccc(N)c1F. The van der Waals surface area contributed by atoms with E-state index in [1.165, 1.54) is 0 Å². The Balaban J connectivity index is 2.49. The predicted molar refractivity (Wildman–Crippen MR) is 84.2 cm³/mol. The molecule has 0 aliphatic heterocycles. The molecular weight excluding hydrogens is 253 g/mol. The first-order valence-electron chi connectivity index (χ1n) is 7.59. The largest absolute Gasteiger partial charge is 0.396 e. The average Bonchev–Trinajstić information content (AvgIpc) is 2.46. The van der Waals surface area contributed by atoms with Crippen molar-refractivity contribution in [3.05, 3.63) is 29.6 Å². The summed E-state index contributed by atoms with van der Waals surface area (Å²) in [7, 11) is 0. The van der Waals surface area contributed by atoms with Crippen LogP contribution < -0.4 is 5.73 Å². The first kappa shape index (κ1) is 16.9. The summed E-state index contributed by atoms with van der Waals surface area (Å²) in [5.74, 6) is -0.269. The van der Waals surface area contributed by atoms with Crippen LogP contribution in [0.15, 0.2) is 18.2 Å². The molecule has 1 rings (SSSR count). The standard InChI is InChI=1S/C16H28FN3/c1-4-19(5-2)11-8-12-20(6-3)13-14-9-7-10-15(18)16(14)17/h7,9-10H,4-6,8,11-13,18H2,1-3H3. The fourth-order valence-corrected chi connectivity index (χ4v) is 2.37. The Hall–Kier alpha value is -1.13. The predicted octanol–water partition coefficient (Wildman–Crippen LogP) is 2.96. The van der Waals surface area contributed by atoms with E-state index in [0.29, 0.717) is 12.1 Å². The molecule has 1 aromatic rings. The van der Waals surface area contributed by atoms with E-state index in [4.69, 9.17) is 5.73 Å². The molecule has 0 unspecified atom stereocenters. The van der Waals surface area contributed by atoms with Crippen molar-refractivity contribution in [3.8, 4) is 0 Å². The van der Waals surface area contributed by atoms with Crippen molar-refractivity contribution in [2.24, 2.45) is 0 Å². The van der Waals surface area contributed by atoms with Crippen LogP contribution in [0.1, 0.15) is 32.8 Å². The summed E-state index contributed by atoms with van der Waals surface area (Å²) in [4.78, 5) is 4.68. The Labute approximate surface area is 122 Å². The van der Waals surface area contributed by atoms with Crippen LogP contribution >= 0.6 is 0 Å². The van der Waals surface area contributed by atoms with Gasteiger partial charge in [0.1, 0.15) is 0 Å². The smallest absolute Gasteiger partial charge is 0.150 e. The molecule has 0 spiro atoms. The van der Waals surface area contributed by atoms with Gasteiger partial charge < -0.3 is 10.6 Å².